The second-order valence-corrected chi connectivity index (χ2v) is 4.36. The van der Waals surface area contributed by atoms with Crippen LogP contribution < -0.4 is 4.74 Å². The number of rotatable bonds is 5. The summed E-state index contributed by atoms with van der Waals surface area (Å²) in [7, 11) is 0. The lowest BCUT2D eigenvalue weighted by Gasteiger charge is -2.09. The molecule has 1 aromatic carbocycles. The average Bonchev–Trinajstić information content (AvgIpc) is 2.77. The number of hydrogen-bond donors (Lipinski definition) is 1. The van der Waals surface area contributed by atoms with Gasteiger partial charge in [0.2, 0.25) is 5.88 Å². The molecule has 0 unspecified atom stereocenters. The molecule has 1 N–H and O–H groups in total. The molecule has 0 aliphatic carbocycles. The SMILES string of the molecule is [C-]#[N+]C(=Cc1c(OCC)n(CC)c2ccccc12)C(=O)O. The Morgan fingerprint density at radius 3 is 2.71 bits per heavy atom. The monoisotopic (exact) mass is 284 g/mol. The number of nitrogens with zero attached hydrogens (tertiary/aromatic N) is 2. The second kappa shape index (κ2) is 6.14. The van der Waals surface area contributed by atoms with Crippen molar-refractivity contribution in [1.82, 2.24) is 4.57 Å². The van der Waals surface area contributed by atoms with Crippen LogP contribution in [0.5, 0.6) is 5.88 Å². The topological polar surface area (TPSA) is 55.8 Å². The van der Waals surface area contributed by atoms with Gasteiger partial charge >= 0.3 is 5.97 Å². The Morgan fingerprint density at radius 2 is 2.14 bits per heavy atom. The van der Waals surface area contributed by atoms with Gasteiger partial charge in [-0.25, -0.2) is 4.85 Å². The number of benzene rings is 1. The Labute approximate surface area is 122 Å². The van der Waals surface area contributed by atoms with Crippen molar-refractivity contribution in [2.75, 3.05) is 6.61 Å². The molecule has 108 valence electrons. The molecule has 5 nitrogen and oxygen atoms in total. The number of ether oxygens (including phenoxy) is 1. The molecular weight excluding hydrogens is 268 g/mol. The first-order valence-electron chi connectivity index (χ1n) is 6.70. The van der Waals surface area contributed by atoms with Gasteiger partial charge in [0.15, 0.2) is 0 Å². The molecule has 0 saturated carbocycles. The average molecular weight is 284 g/mol. The van der Waals surface area contributed by atoms with Crippen molar-refractivity contribution < 1.29 is 14.6 Å². The first-order valence-corrected chi connectivity index (χ1v) is 6.70. The number of fused-ring (bicyclic) bond motifs is 1. The Balaban J connectivity index is 2.80. The molecule has 0 fully saturated rings. The van der Waals surface area contributed by atoms with E-state index in [0.717, 1.165) is 10.9 Å². The van der Waals surface area contributed by atoms with Crippen LogP contribution in [0, 0.1) is 6.57 Å². The van der Waals surface area contributed by atoms with Gasteiger partial charge in [0, 0.05) is 17.5 Å². The van der Waals surface area contributed by atoms with Gasteiger partial charge < -0.3 is 14.4 Å². The molecule has 0 amide bonds. The van der Waals surface area contributed by atoms with Crippen molar-refractivity contribution in [3.63, 3.8) is 0 Å². The maximum atomic E-state index is 11.1. The van der Waals surface area contributed by atoms with E-state index in [4.69, 9.17) is 16.4 Å². The normalized spacial score (nSPS) is 11.4. The minimum atomic E-state index is -1.24. The van der Waals surface area contributed by atoms with Gasteiger partial charge in [-0.15, -0.1) is 0 Å². The number of aromatic nitrogens is 1. The van der Waals surface area contributed by atoms with Crippen LogP contribution in [-0.4, -0.2) is 22.2 Å². The molecule has 1 aromatic heterocycles. The molecule has 0 bridgehead atoms. The Morgan fingerprint density at radius 1 is 1.43 bits per heavy atom. The Hall–Kier alpha value is -2.74. The zero-order valence-corrected chi connectivity index (χ0v) is 12.0. The third kappa shape index (κ3) is 2.61. The second-order valence-electron chi connectivity index (χ2n) is 4.36. The summed E-state index contributed by atoms with van der Waals surface area (Å²) in [6.07, 6.45) is 1.38. The Bertz CT molecular complexity index is 751. The molecule has 0 spiro atoms. The number of carboxylic acids is 1. The highest BCUT2D eigenvalue weighted by Gasteiger charge is 2.18. The summed E-state index contributed by atoms with van der Waals surface area (Å²) >= 11 is 0. The minimum absolute atomic E-state index is 0.324. The highest BCUT2D eigenvalue weighted by Crippen LogP contribution is 2.34. The van der Waals surface area contributed by atoms with Crippen LogP contribution in [0.2, 0.25) is 0 Å². The van der Waals surface area contributed by atoms with Crippen molar-refractivity contribution in [3.8, 4) is 5.88 Å². The molecule has 0 atom stereocenters. The van der Waals surface area contributed by atoms with Crippen LogP contribution in [0.25, 0.3) is 21.8 Å². The van der Waals surface area contributed by atoms with Crippen molar-refractivity contribution in [1.29, 1.82) is 0 Å². The standard InChI is InChI=1S/C16H16N2O3/c1-4-18-14-9-7-6-8-11(14)12(15(18)21-5-2)10-13(17-3)16(19)20/h6-10H,4-5H2,1-2H3,(H,19,20). The van der Waals surface area contributed by atoms with Crippen molar-refractivity contribution >= 4 is 22.9 Å². The molecule has 5 heteroatoms. The molecule has 2 aromatic rings. The number of carboxylic acid groups (broad SMARTS) is 1. The van der Waals surface area contributed by atoms with E-state index in [2.05, 4.69) is 4.85 Å². The first kappa shape index (κ1) is 14.7. The highest BCUT2D eigenvalue weighted by molar-refractivity contribution is 6.00. The molecule has 0 radical (unpaired) electrons. The summed E-state index contributed by atoms with van der Waals surface area (Å²) in [5.41, 5.74) is 1.28. The molecule has 21 heavy (non-hydrogen) atoms. The fourth-order valence-corrected chi connectivity index (χ4v) is 2.33. The van der Waals surface area contributed by atoms with Crippen LogP contribution in [0.15, 0.2) is 30.0 Å². The van der Waals surface area contributed by atoms with Crippen molar-refractivity contribution in [2.45, 2.75) is 20.4 Å². The summed E-state index contributed by atoms with van der Waals surface area (Å²) in [6.45, 7) is 12.0. The zero-order valence-electron chi connectivity index (χ0n) is 12.0. The predicted octanol–water partition coefficient (Wildman–Crippen LogP) is 3.40. The summed E-state index contributed by atoms with van der Waals surface area (Å²) in [5, 5.41) is 9.94. The number of hydrogen-bond acceptors (Lipinski definition) is 2. The van der Waals surface area contributed by atoms with Gasteiger partial charge in [0.25, 0.3) is 5.70 Å². The maximum absolute atomic E-state index is 11.1. The van der Waals surface area contributed by atoms with Crippen LogP contribution in [0.1, 0.15) is 19.4 Å². The lowest BCUT2D eigenvalue weighted by atomic mass is 10.1. The Kier molecular flexibility index (Phi) is 4.29. The van der Waals surface area contributed by atoms with Gasteiger partial charge in [-0.05, 0) is 26.0 Å². The van der Waals surface area contributed by atoms with E-state index in [-0.39, 0.29) is 5.70 Å². The number of carbonyl (C=O) groups is 1. The molecule has 0 saturated heterocycles. The van der Waals surface area contributed by atoms with E-state index in [9.17, 15) is 4.79 Å². The summed E-state index contributed by atoms with van der Waals surface area (Å²) in [5.74, 6) is -0.635. The third-order valence-corrected chi connectivity index (χ3v) is 3.18. The first-order chi connectivity index (χ1) is 10.1. The van der Waals surface area contributed by atoms with E-state index in [1.165, 1.54) is 6.08 Å². The number of aryl methyl sites for hydroxylation is 1. The highest BCUT2D eigenvalue weighted by atomic mass is 16.5. The van der Waals surface area contributed by atoms with Crippen molar-refractivity contribution in [2.24, 2.45) is 0 Å². The lowest BCUT2D eigenvalue weighted by Crippen LogP contribution is -2.02. The van der Waals surface area contributed by atoms with Crippen LogP contribution in [-0.2, 0) is 11.3 Å². The van der Waals surface area contributed by atoms with E-state index in [1.807, 2.05) is 42.7 Å². The van der Waals surface area contributed by atoms with Gasteiger partial charge in [-0.2, -0.15) is 0 Å². The molecular formula is C16H16N2O3. The lowest BCUT2D eigenvalue weighted by molar-refractivity contribution is -0.132. The molecule has 1 heterocycles. The van der Waals surface area contributed by atoms with Gasteiger partial charge in [-0.3, -0.25) is 4.79 Å². The third-order valence-electron chi connectivity index (χ3n) is 3.18. The zero-order chi connectivity index (χ0) is 15.4. The van der Waals surface area contributed by atoms with Crippen LogP contribution >= 0.6 is 0 Å². The van der Waals surface area contributed by atoms with E-state index in [1.54, 1.807) is 0 Å². The van der Waals surface area contributed by atoms with Crippen molar-refractivity contribution in [3.05, 3.63) is 46.9 Å². The minimum Gasteiger partial charge on any atom is -0.486 e. The van der Waals surface area contributed by atoms with Crippen LogP contribution in [0.3, 0.4) is 0 Å². The summed E-state index contributed by atoms with van der Waals surface area (Å²) in [4.78, 5) is 14.2. The summed E-state index contributed by atoms with van der Waals surface area (Å²) in [6, 6.07) is 7.66. The smallest absolute Gasteiger partial charge is 0.333 e. The molecule has 0 aliphatic rings. The largest absolute Gasteiger partial charge is 0.486 e. The fourth-order valence-electron chi connectivity index (χ4n) is 2.33. The number of aliphatic carboxylic acids is 1. The van der Waals surface area contributed by atoms with E-state index in [0.29, 0.717) is 24.6 Å². The van der Waals surface area contributed by atoms with E-state index >= 15 is 0 Å². The molecule has 0 aliphatic heterocycles. The predicted molar refractivity (Wildman–Crippen MR) is 81.0 cm³/mol. The quantitative estimate of drug-likeness (QED) is 0.676. The molecule has 2 rings (SSSR count). The fraction of sp³-hybridized carbons (Fsp3) is 0.250. The summed E-state index contributed by atoms with van der Waals surface area (Å²) < 4.78 is 7.67. The van der Waals surface area contributed by atoms with Gasteiger partial charge in [0.1, 0.15) is 0 Å². The van der Waals surface area contributed by atoms with Gasteiger partial charge in [-0.1, -0.05) is 18.2 Å². The maximum Gasteiger partial charge on any atom is 0.333 e. The number of para-hydroxylation sites is 1. The van der Waals surface area contributed by atoms with E-state index < -0.39 is 5.97 Å². The van der Waals surface area contributed by atoms with Gasteiger partial charge in [0.05, 0.1) is 18.7 Å². The van der Waals surface area contributed by atoms with Crippen LogP contribution in [0.4, 0.5) is 0 Å².